The summed E-state index contributed by atoms with van der Waals surface area (Å²) in [4.78, 5) is 27.4. The highest BCUT2D eigenvalue weighted by Gasteiger charge is 2.25. The van der Waals surface area contributed by atoms with E-state index in [2.05, 4.69) is 15.5 Å². The van der Waals surface area contributed by atoms with Crippen molar-refractivity contribution >= 4 is 40.8 Å². The standard InChI is InChI=1S/C26H23ClFN3O3/c1-31-10-2-3-17(14-31)29-25(32)15-4-7-22(27)21(11-15)24-9-6-18(34-24)13-20-19-12-16(28)5-8-23(19)30-26(20)33/h4-9,11-13,17H,2-3,10,14H2,1H3,(H,29,32)(H,30,33). The van der Waals surface area contributed by atoms with Crippen LogP contribution in [-0.2, 0) is 4.79 Å². The number of rotatable bonds is 4. The van der Waals surface area contributed by atoms with Crippen molar-refractivity contribution in [2.45, 2.75) is 18.9 Å². The van der Waals surface area contributed by atoms with Crippen molar-refractivity contribution in [3.05, 3.63) is 76.3 Å². The van der Waals surface area contributed by atoms with Crippen LogP contribution in [0.15, 0.2) is 52.9 Å². The summed E-state index contributed by atoms with van der Waals surface area (Å²) in [5.41, 5.74) is 2.40. The van der Waals surface area contributed by atoms with Crippen molar-refractivity contribution in [1.29, 1.82) is 0 Å². The molecule has 3 aromatic rings. The van der Waals surface area contributed by atoms with E-state index in [0.29, 0.717) is 44.5 Å². The molecular formula is C26H23ClFN3O3. The van der Waals surface area contributed by atoms with E-state index in [0.717, 1.165) is 25.9 Å². The van der Waals surface area contributed by atoms with E-state index in [1.807, 2.05) is 7.05 Å². The third-order valence-corrected chi connectivity index (χ3v) is 6.46. The topological polar surface area (TPSA) is 74.6 Å². The number of halogens is 2. The number of carbonyl (C=O) groups is 2. The van der Waals surface area contributed by atoms with E-state index < -0.39 is 5.82 Å². The third-order valence-electron chi connectivity index (χ3n) is 6.13. The second-order valence-corrected chi connectivity index (χ2v) is 9.08. The number of fused-ring (bicyclic) bond motifs is 1. The maximum atomic E-state index is 13.7. The van der Waals surface area contributed by atoms with Crippen LogP contribution in [0.5, 0.6) is 0 Å². The molecule has 1 unspecified atom stereocenters. The highest BCUT2D eigenvalue weighted by molar-refractivity contribution is 6.35. The van der Waals surface area contributed by atoms with E-state index >= 15 is 0 Å². The molecular weight excluding hydrogens is 457 g/mol. The quantitative estimate of drug-likeness (QED) is 0.513. The predicted molar refractivity (Wildman–Crippen MR) is 130 cm³/mol. The van der Waals surface area contributed by atoms with Crippen LogP contribution in [0.1, 0.15) is 34.5 Å². The third kappa shape index (κ3) is 4.49. The molecule has 0 saturated carbocycles. The Morgan fingerprint density at radius 2 is 2.06 bits per heavy atom. The molecule has 0 spiro atoms. The van der Waals surface area contributed by atoms with Gasteiger partial charge in [-0.2, -0.15) is 0 Å². The fourth-order valence-electron chi connectivity index (χ4n) is 4.43. The zero-order chi connectivity index (χ0) is 23.8. The molecule has 0 bridgehead atoms. The summed E-state index contributed by atoms with van der Waals surface area (Å²) in [7, 11) is 2.05. The molecule has 1 fully saturated rings. The van der Waals surface area contributed by atoms with Gasteiger partial charge < -0.3 is 20.0 Å². The number of hydrogen-bond acceptors (Lipinski definition) is 4. The van der Waals surface area contributed by atoms with Crippen molar-refractivity contribution in [1.82, 2.24) is 10.2 Å². The molecule has 174 valence electrons. The van der Waals surface area contributed by atoms with E-state index in [4.69, 9.17) is 16.0 Å². The predicted octanol–water partition coefficient (Wildman–Crippen LogP) is 5.06. The Balaban J connectivity index is 1.39. The number of furan rings is 1. The summed E-state index contributed by atoms with van der Waals surface area (Å²) in [6.07, 6.45) is 3.56. The first-order valence-corrected chi connectivity index (χ1v) is 11.5. The van der Waals surface area contributed by atoms with Gasteiger partial charge in [-0.05, 0) is 81.0 Å². The van der Waals surface area contributed by atoms with Gasteiger partial charge in [-0.1, -0.05) is 11.6 Å². The van der Waals surface area contributed by atoms with E-state index in [1.54, 1.807) is 36.4 Å². The zero-order valence-electron chi connectivity index (χ0n) is 18.5. The van der Waals surface area contributed by atoms with Gasteiger partial charge in [0.05, 0.1) is 10.6 Å². The summed E-state index contributed by atoms with van der Waals surface area (Å²) >= 11 is 6.41. The lowest BCUT2D eigenvalue weighted by Crippen LogP contribution is -2.46. The SMILES string of the molecule is CN1CCCC(NC(=O)c2ccc(Cl)c(-c3ccc(C=C4C(=O)Nc5ccc(F)cc54)o3)c2)C1. The maximum absolute atomic E-state index is 13.7. The first kappa shape index (κ1) is 22.4. The Labute approximate surface area is 201 Å². The molecule has 0 radical (unpaired) electrons. The van der Waals surface area contributed by atoms with E-state index in [9.17, 15) is 14.0 Å². The van der Waals surface area contributed by atoms with Crippen LogP contribution < -0.4 is 10.6 Å². The maximum Gasteiger partial charge on any atom is 0.256 e. The number of likely N-dealkylation sites (tertiary alicyclic amines) is 1. The lowest BCUT2D eigenvalue weighted by atomic mass is 10.0. The van der Waals surface area contributed by atoms with Crippen molar-refractivity contribution in [3.63, 3.8) is 0 Å². The van der Waals surface area contributed by atoms with Gasteiger partial charge in [-0.15, -0.1) is 0 Å². The largest absolute Gasteiger partial charge is 0.457 e. The number of likely N-dealkylation sites (N-methyl/N-ethyl adjacent to an activating group) is 1. The monoisotopic (exact) mass is 479 g/mol. The summed E-state index contributed by atoms with van der Waals surface area (Å²) < 4.78 is 19.6. The number of anilines is 1. The molecule has 2 N–H and O–H groups in total. The normalized spacial score (nSPS) is 19.2. The number of nitrogens with one attached hydrogen (secondary N) is 2. The van der Waals surface area contributed by atoms with Gasteiger partial charge in [0.1, 0.15) is 17.3 Å². The first-order chi connectivity index (χ1) is 16.4. The highest BCUT2D eigenvalue weighted by atomic mass is 35.5. The minimum absolute atomic E-state index is 0.109. The van der Waals surface area contributed by atoms with Crippen LogP contribution in [0.3, 0.4) is 0 Å². The Morgan fingerprint density at radius 1 is 1.21 bits per heavy atom. The average Bonchev–Trinajstić information content (AvgIpc) is 3.39. The summed E-state index contributed by atoms with van der Waals surface area (Å²) in [6.45, 7) is 1.86. The Kier molecular flexibility index (Phi) is 5.98. The lowest BCUT2D eigenvalue weighted by molar-refractivity contribution is -0.110. The van der Waals surface area contributed by atoms with E-state index in [1.165, 1.54) is 18.2 Å². The molecule has 6 nitrogen and oxygen atoms in total. The fourth-order valence-corrected chi connectivity index (χ4v) is 4.64. The fraction of sp³-hybridized carbons (Fsp3) is 0.231. The highest BCUT2D eigenvalue weighted by Crippen LogP contribution is 2.35. The van der Waals surface area contributed by atoms with Crippen molar-refractivity contribution in [2.24, 2.45) is 0 Å². The summed E-state index contributed by atoms with van der Waals surface area (Å²) in [5.74, 6) is -0.0461. The van der Waals surface area contributed by atoms with Gasteiger partial charge in [-0.25, -0.2) is 4.39 Å². The number of amides is 2. The van der Waals surface area contributed by atoms with Gasteiger partial charge in [0.2, 0.25) is 0 Å². The molecule has 34 heavy (non-hydrogen) atoms. The number of piperidine rings is 1. The van der Waals surface area contributed by atoms with Crippen molar-refractivity contribution < 1.29 is 18.4 Å². The number of benzene rings is 2. The Bertz CT molecular complexity index is 1320. The zero-order valence-corrected chi connectivity index (χ0v) is 19.3. The molecule has 2 aromatic carbocycles. The minimum atomic E-state index is -0.428. The van der Waals surface area contributed by atoms with Crippen LogP contribution in [-0.4, -0.2) is 42.9 Å². The first-order valence-electron chi connectivity index (χ1n) is 11.1. The molecule has 2 aliphatic heterocycles. The van der Waals surface area contributed by atoms with Gasteiger partial charge >= 0.3 is 0 Å². The smallest absolute Gasteiger partial charge is 0.256 e. The van der Waals surface area contributed by atoms with Gasteiger partial charge in [0.25, 0.3) is 11.8 Å². The van der Waals surface area contributed by atoms with Crippen LogP contribution in [0.25, 0.3) is 23.0 Å². The molecule has 8 heteroatoms. The van der Waals surface area contributed by atoms with Gasteiger partial charge in [-0.3, -0.25) is 9.59 Å². The number of nitrogens with zero attached hydrogens (tertiary/aromatic N) is 1. The molecule has 3 heterocycles. The van der Waals surface area contributed by atoms with Crippen molar-refractivity contribution in [3.8, 4) is 11.3 Å². The second-order valence-electron chi connectivity index (χ2n) is 8.67. The summed E-state index contributed by atoms with van der Waals surface area (Å²) in [5, 5.41) is 6.25. The molecule has 1 atom stereocenters. The molecule has 5 rings (SSSR count). The van der Waals surface area contributed by atoms with Crippen LogP contribution in [0.2, 0.25) is 5.02 Å². The Morgan fingerprint density at radius 3 is 2.88 bits per heavy atom. The lowest BCUT2D eigenvalue weighted by Gasteiger charge is -2.30. The molecule has 1 aromatic heterocycles. The van der Waals surface area contributed by atoms with Gasteiger partial charge in [0.15, 0.2) is 0 Å². The van der Waals surface area contributed by atoms with Crippen LogP contribution in [0, 0.1) is 5.82 Å². The average molecular weight is 480 g/mol. The molecule has 2 aliphatic rings. The summed E-state index contributed by atoms with van der Waals surface area (Å²) in [6, 6.07) is 12.7. The molecule has 1 saturated heterocycles. The van der Waals surface area contributed by atoms with Crippen LogP contribution >= 0.6 is 11.6 Å². The molecule has 2 amide bonds. The number of hydrogen-bond donors (Lipinski definition) is 2. The minimum Gasteiger partial charge on any atom is -0.457 e. The van der Waals surface area contributed by atoms with Gasteiger partial charge in [0, 0.05) is 35.0 Å². The van der Waals surface area contributed by atoms with Crippen molar-refractivity contribution in [2.75, 3.05) is 25.5 Å². The van der Waals surface area contributed by atoms with Crippen LogP contribution in [0.4, 0.5) is 10.1 Å². The Hall–Kier alpha value is -3.42. The molecule has 0 aliphatic carbocycles. The second kappa shape index (κ2) is 9.08. The van der Waals surface area contributed by atoms with E-state index in [-0.39, 0.29) is 17.9 Å². The number of carbonyl (C=O) groups excluding carboxylic acids is 2.